The molecule has 8 heteroatoms. The van der Waals surface area contributed by atoms with Gasteiger partial charge in [-0.15, -0.1) is 0 Å². The van der Waals surface area contributed by atoms with E-state index in [9.17, 15) is 29.5 Å². The van der Waals surface area contributed by atoms with Gasteiger partial charge in [-0.2, -0.15) is 5.06 Å². The number of allylic oxidation sites excluding steroid dienone is 6. The van der Waals surface area contributed by atoms with Gasteiger partial charge in [-0.25, -0.2) is 0 Å². The first kappa shape index (κ1) is 21.2. The van der Waals surface area contributed by atoms with Crippen LogP contribution in [0.1, 0.15) is 24.3 Å². The zero-order valence-corrected chi connectivity index (χ0v) is 19.3. The van der Waals surface area contributed by atoms with Crippen LogP contribution >= 0.6 is 15.9 Å². The van der Waals surface area contributed by atoms with Crippen LogP contribution in [-0.2, 0) is 19.2 Å². The highest BCUT2D eigenvalue weighted by molar-refractivity contribution is 9.12. The number of ketones is 2. The number of aromatic hydroxyl groups is 1. The largest absolute Gasteiger partial charge is 0.508 e. The summed E-state index contributed by atoms with van der Waals surface area (Å²) in [6.07, 6.45) is 3.43. The summed E-state index contributed by atoms with van der Waals surface area (Å²) in [5.41, 5.74) is 1.77. The smallest absolute Gasteiger partial charge is 0.257 e. The Morgan fingerprint density at radius 2 is 1.74 bits per heavy atom. The Hall–Kier alpha value is -3.36. The van der Waals surface area contributed by atoms with Gasteiger partial charge < -0.3 is 5.11 Å². The molecule has 0 saturated carbocycles. The van der Waals surface area contributed by atoms with Gasteiger partial charge >= 0.3 is 0 Å². The number of amides is 2. The number of rotatable bonds is 1. The molecule has 0 aromatic heterocycles. The lowest BCUT2D eigenvalue weighted by atomic mass is 9.59. The van der Waals surface area contributed by atoms with Crippen molar-refractivity contribution in [3.05, 3.63) is 75.3 Å². The predicted molar refractivity (Wildman–Crippen MR) is 124 cm³/mol. The lowest BCUT2D eigenvalue weighted by molar-refractivity contribution is -0.173. The highest BCUT2D eigenvalue weighted by Crippen LogP contribution is 2.56. The van der Waals surface area contributed by atoms with Crippen LogP contribution in [0.25, 0.3) is 10.8 Å². The summed E-state index contributed by atoms with van der Waals surface area (Å²) in [6, 6.07) is 10.8. The number of Topliss-reactive ketones (excluding diaryl/α,β-unsaturated/α-hetero) is 1. The van der Waals surface area contributed by atoms with E-state index in [2.05, 4.69) is 15.9 Å². The Balaban J connectivity index is 1.64. The van der Waals surface area contributed by atoms with Crippen molar-refractivity contribution in [2.24, 2.45) is 17.8 Å². The number of carbonyl (C=O) groups is 4. The number of phenols is 1. The molecule has 1 fully saturated rings. The summed E-state index contributed by atoms with van der Waals surface area (Å²) in [5.74, 6) is -4.93. The lowest BCUT2D eigenvalue weighted by Gasteiger charge is -2.42. The molecule has 0 bridgehead atoms. The molecule has 6 rings (SSSR count). The monoisotopic (exact) mass is 519 g/mol. The molecule has 0 unspecified atom stereocenters. The molecule has 2 aromatic rings. The Bertz CT molecular complexity index is 1450. The van der Waals surface area contributed by atoms with Crippen molar-refractivity contribution in [3.8, 4) is 5.75 Å². The van der Waals surface area contributed by atoms with E-state index in [4.69, 9.17) is 0 Å². The second-order valence-corrected chi connectivity index (χ2v) is 9.96. The second kappa shape index (κ2) is 7.32. The van der Waals surface area contributed by atoms with Gasteiger partial charge in [0.2, 0.25) is 0 Å². The van der Waals surface area contributed by atoms with E-state index < -0.39 is 35.5 Å². The van der Waals surface area contributed by atoms with E-state index in [1.807, 2.05) is 30.3 Å². The molecule has 170 valence electrons. The van der Waals surface area contributed by atoms with Gasteiger partial charge in [-0.3, -0.25) is 24.4 Å². The maximum Gasteiger partial charge on any atom is 0.257 e. The Kier molecular flexibility index (Phi) is 4.56. The second-order valence-electron chi connectivity index (χ2n) is 9.10. The molecule has 1 aliphatic heterocycles. The van der Waals surface area contributed by atoms with E-state index >= 15 is 0 Å². The average Bonchev–Trinajstić information content (AvgIpc) is 3.05. The number of benzene rings is 2. The van der Waals surface area contributed by atoms with Crippen LogP contribution < -0.4 is 0 Å². The van der Waals surface area contributed by atoms with Gasteiger partial charge in [-0.05, 0) is 51.5 Å². The van der Waals surface area contributed by atoms with Crippen molar-refractivity contribution < 1.29 is 29.5 Å². The molecule has 1 heterocycles. The highest BCUT2D eigenvalue weighted by atomic mass is 79.9. The van der Waals surface area contributed by atoms with E-state index in [1.165, 1.54) is 6.08 Å². The van der Waals surface area contributed by atoms with Crippen molar-refractivity contribution in [1.29, 1.82) is 0 Å². The standard InChI is InChI=1S/C26H18BrNO6/c27-17-10-19(30)22-16(24(17)31)9-15-13(6-7-14-20(15)26(33)28(34)25(14)32)23(22)21-12-4-2-1-3-11(12)5-8-18(21)29/h1-6,8,10,14-15,20,23,29,34H,7,9H2/t14-,15+,20-,23+/m0/s1. The Morgan fingerprint density at radius 1 is 0.971 bits per heavy atom. The van der Waals surface area contributed by atoms with Gasteiger partial charge in [0.05, 0.1) is 16.3 Å². The van der Waals surface area contributed by atoms with Crippen molar-refractivity contribution in [2.45, 2.75) is 18.8 Å². The first-order chi connectivity index (χ1) is 16.3. The molecule has 34 heavy (non-hydrogen) atoms. The van der Waals surface area contributed by atoms with Gasteiger partial charge in [0.15, 0.2) is 11.6 Å². The fraction of sp³-hybridized carbons (Fsp3) is 0.231. The number of carbonyl (C=O) groups excluding carboxylic acids is 4. The number of nitrogens with zero attached hydrogens (tertiary/aromatic N) is 1. The van der Waals surface area contributed by atoms with Crippen LogP contribution in [-0.4, -0.2) is 38.8 Å². The average molecular weight is 520 g/mol. The molecular weight excluding hydrogens is 502 g/mol. The summed E-state index contributed by atoms with van der Waals surface area (Å²) in [5, 5.41) is 22.8. The molecule has 0 radical (unpaired) electrons. The van der Waals surface area contributed by atoms with E-state index in [1.54, 1.807) is 12.1 Å². The number of phenolic OH excluding ortho intramolecular Hbond substituents is 1. The maximum atomic E-state index is 13.3. The van der Waals surface area contributed by atoms with Gasteiger partial charge in [0, 0.05) is 28.7 Å². The minimum absolute atomic E-state index is 0.0225. The topological polar surface area (TPSA) is 112 Å². The highest BCUT2D eigenvalue weighted by Gasteiger charge is 2.56. The molecule has 3 aliphatic carbocycles. The summed E-state index contributed by atoms with van der Waals surface area (Å²) in [4.78, 5) is 51.9. The molecular formula is C26H18BrNO6. The summed E-state index contributed by atoms with van der Waals surface area (Å²) < 4.78 is 0.134. The fourth-order valence-corrected chi connectivity index (χ4v) is 6.56. The summed E-state index contributed by atoms with van der Waals surface area (Å²) in [6.45, 7) is 0. The summed E-state index contributed by atoms with van der Waals surface area (Å²) in [7, 11) is 0. The van der Waals surface area contributed by atoms with Crippen LogP contribution in [0.5, 0.6) is 5.75 Å². The van der Waals surface area contributed by atoms with E-state index in [-0.39, 0.29) is 45.3 Å². The summed E-state index contributed by atoms with van der Waals surface area (Å²) >= 11 is 3.19. The Labute approximate surface area is 202 Å². The molecule has 2 aromatic carbocycles. The first-order valence-electron chi connectivity index (χ1n) is 11.0. The normalized spacial score (nSPS) is 28.6. The third-order valence-corrected chi connectivity index (χ3v) is 8.13. The number of hydroxylamine groups is 2. The van der Waals surface area contributed by atoms with Crippen LogP contribution in [0.15, 0.2) is 69.8 Å². The van der Waals surface area contributed by atoms with Crippen molar-refractivity contribution in [1.82, 2.24) is 5.06 Å². The molecule has 4 aliphatic rings. The van der Waals surface area contributed by atoms with Crippen LogP contribution in [0, 0.1) is 17.8 Å². The molecule has 1 saturated heterocycles. The Morgan fingerprint density at radius 3 is 2.53 bits per heavy atom. The van der Waals surface area contributed by atoms with E-state index in [0.717, 1.165) is 16.3 Å². The third kappa shape index (κ3) is 2.72. The SMILES string of the molecule is O=C1C=C(Br)C(=O)C2=C1[C@@H](c1c(O)ccc3ccccc13)C1=CC[C@@H]3C(=O)N(O)C(=O)[C@@H]3[C@@H]1C2. The molecule has 7 nitrogen and oxygen atoms in total. The third-order valence-electron chi connectivity index (χ3n) is 7.54. The molecule has 4 atom stereocenters. The van der Waals surface area contributed by atoms with Crippen molar-refractivity contribution >= 4 is 50.1 Å². The van der Waals surface area contributed by atoms with Crippen LogP contribution in [0.4, 0.5) is 0 Å². The lowest BCUT2D eigenvalue weighted by Crippen LogP contribution is -2.39. The van der Waals surface area contributed by atoms with Crippen molar-refractivity contribution in [2.75, 3.05) is 0 Å². The maximum absolute atomic E-state index is 13.3. The number of fused-ring (bicyclic) bond motifs is 4. The fourth-order valence-electron chi connectivity index (χ4n) is 6.11. The molecule has 2 amide bonds. The van der Waals surface area contributed by atoms with E-state index in [0.29, 0.717) is 11.1 Å². The zero-order valence-electron chi connectivity index (χ0n) is 17.7. The van der Waals surface area contributed by atoms with Crippen molar-refractivity contribution in [3.63, 3.8) is 0 Å². The molecule has 2 N–H and O–H groups in total. The number of hydrogen-bond donors (Lipinski definition) is 2. The quantitative estimate of drug-likeness (QED) is 0.257. The van der Waals surface area contributed by atoms with Crippen LogP contribution in [0.2, 0.25) is 0 Å². The zero-order chi connectivity index (χ0) is 23.9. The van der Waals surface area contributed by atoms with Gasteiger partial charge in [-0.1, -0.05) is 42.0 Å². The number of imide groups is 1. The predicted octanol–water partition coefficient (Wildman–Crippen LogP) is 3.70. The minimum Gasteiger partial charge on any atom is -0.508 e. The number of hydrogen-bond acceptors (Lipinski definition) is 6. The number of halogens is 1. The van der Waals surface area contributed by atoms with Gasteiger partial charge in [0.25, 0.3) is 11.8 Å². The van der Waals surface area contributed by atoms with Crippen LogP contribution in [0.3, 0.4) is 0 Å². The first-order valence-corrected chi connectivity index (χ1v) is 11.8. The minimum atomic E-state index is -0.834. The molecule has 0 spiro atoms. The van der Waals surface area contributed by atoms with Gasteiger partial charge in [0.1, 0.15) is 5.75 Å².